The quantitative estimate of drug-likeness (QED) is 0.931. The third kappa shape index (κ3) is 3.11. The molecule has 1 N–H and O–H groups in total. The largest absolute Gasteiger partial charge is 0.481 e. The first-order chi connectivity index (χ1) is 9.78. The zero-order chi connectivity index (χ0) is 15.7. The fourth-order valence-corrected chi connectivity index (χ4v) is 2.70. The van der Waals surface area contributed by atoms with Gasteiger partial charge in [-0.15, -0.1) is 0 Å². The summed E-state index contributed by atoms with van der Waals surface area (Å²) in [5.41, 5.74) is -1.86. The van der Waals surface area contributed by atoms with Crippen LogP contribution in [0.3, 0.4) is 0 Å². The van der Waals surface area contributed by atoms with Crippen molar-refractivity contribution in [2.24, 2.45) is 5.41 Å². The summed E-state index contributed by atoms with van der Waals surface area (Å²) in [6, 6.07) is 3.70. The van der Waals surface area contributed by atoms with Crippen LogP contribution in [0.25, 0.3) is 0 Å². The van der Waals surface area contributed by atoms with Gasteiger partial charge in [-0.1, -0.05) is 13.0 Å². The lowest BCUT2D eigenvalue weighted by Gasteiger charge is -2.40. The Morgan fingerprint density at radius 3 is 2.76 bits per heavy atom. The minimum atomic E-state index is -4.50. The minimum Gasteiger partial charge on any atom is -0.481 e. The van der Waals surface area contributed by atoms with Gasteiger partial charge in [-0.05, 0) is 31.4 Å². The average Bonchev–Trinajstić information content (AvgIpc) is 2.46. The number of carboxylic acids is 1. The molecule has 1 saturated heterocycles. The number of nitrogens with zero attached hydrogens (tertiary/aromatic N) is 2. The summed E-state index contributed by atoms with van der Waals surface area (Å²) >= 11 is 0. The molecule has 1 aliphatic heterocycles. The van der Waals surface area contributed by atoms with E-state index in [9.17, 15) is 23.1 Å². The average molecular weight is 302 g/mol. The Morgan fingerprint density at radius 1 is 1.48 bits per heavy atom. The number of anilines is 1. The number of aromatic nitrogens is 1. The fourth-order valence-electron chi connectivity index (χ4n) is 2.70. The van der Waals surface area contributed by atoms with Gasteiger partial charge >= 0.3 is 12.1 Å². The van der Waals surface area contributed by atoms with Crippen LogP contribution in [-0.2, 0) is 11.0 Å². The van der Waals surface area contributed by atoms with E-state index >= 15 is 0 Å². The molecule has 1 aliphatic rings. The van der Waals surface area contributed by atoms with Gasteiger partial charge in [-0.2, -0.15) is 13.2 Å². The van der Waals surface area contributed by atoms with Crippen molar-refractivity contribution in [2.45, 2.75) is 32.4 Å². The van der Waals surface area contributed by atoms with E-state index in [0.29, 0.717) is 25.8 Å². The van der Waals surface area contributed by atoms with Gasteiger partial charge in [0.2, 0.25) is 0 Å². The first-order valence-corrected chi connectivity index (χ1v) is 6.81. The van der Waals surface area contributed by atoms with E-state index in [-0.39, 0.29) is 12.4 Å². The maximum absolute atomic E-state index is 12.7. The van der Waals surface area contributed by atoms with Gasteiger partial charge in [0.25, 0.3) is 0 Å². The smallest absolute Gasteiger partial charge is 0.433 e. The topological polar surface area (TPSA) is 53.4 Å². The molecule has 0 bridgehead atoms. The van der Waals surface area contributed by atoms with Crippen molar-refractivity contribution in [3.63, 3.8) is 0 Å². The van der Waals surface area contributed by atoms with Crippen molar-refractivity contribution in [3.05, 3.63) is 23.9 Å². The lowest BCUT2D eigenvalue weighted by molar-refractivity contribution is -0.150. The van der Waals surface area contributed by atoms with E-state index in [0.717, 1.165) is 6.07 Å². The predicted molar refractivity (Wildman–Crippen MR) is 71.0 cm³/mol. The highest BCUT2D eigenvalue weighted by Crippen LogP contribution is 2.36. The van der Waals surface area contributed by atoms with E-state index in [1.165, 1.54) is 12.1 Å². The van der Waals surface area contributed by atoms with E-state index in [1.54, 1.807) is 11.8 Å². The van der Waals surface area contributed by atoms with Crippen molar-refractivity contribution in [1.82, 2.24) is 4.98 Å². The highest BCUT2D eigenvalue weighted by molar-refractivity contribution is 5.76. The summed E-state index contributed by atoms with van der Waals surface area (Å²) in [5, 5.41) is 9.41. The molecule has 7 heteroatoms. The third-order valence-electron chi connectivity index (χ3n) is 4.06. The summed E-state index contributed by atoms with van der Waals surface area (Å²) in [6.45, 7) is 2.49. The predicted octanol–water partition coefficient (Wildman–Crippen LogP) is 3.18. The van der Waals surface area contributed by atoms with Crippen molar-refractivity contribution >= 4 is 11.8 Å². The van der Waals surface area contributed by atoms with Gasteiger partial charge in [0.1, 0.15) is 11.5 Å². The molecule has 0 saturated carbocycles. The van der Waals surface area contributed by atoms with Gasteiger partial charge in [0.15, 0.2) is 0 Å². The first-order valence-electron chi connectivity index (χ1n) is 6.81. The number of rotatable bonds is 3. The first kappa shape index (κ1) is 15.6. The molecule has 1 unspecified atom stereocenters. The lowest BCUT2D eigenvalue weighted by atomic mass is 9.77. The van der Waals surface area contributed by atoms with Crippen LogP contribution in [-0.4, -0.2) is 29.1 Å². The number of hydrogen-bond donors (Lipinski definition) is 1. The SMILES string of the molecule is CCC1(C(=O)O)CCCN(c2cccc(C(F)(F)F)n2)C1. The number of carbonyl (C=O) groups is 1. The van der Waals surface area contributed by atoms with E-state index in [1.807, 2.05) is 0 Å². The molecule has 1 aromatic rings. The van der Waals surface area contributed by atoms with Crippen LogP contribution in [0, 0.1) is 5.41 Å². The highest BCUT2D eigenvalue weighted by atomic mass is 19.4. The van der Waals surface area contributed by atoms with Crippen LogP contribution in [0.5, 0.6) is 0 Å². The van der Waals surface area contributed by atoms with E-state index < -0.39 is 23.3 Å². The fraction of sp³-hybridized carbons (Fsp3) is 0.571. The monoisotopic (exact) mass is 302 g/mol. The Balaban J connectivity index is 2.28. The van der Waals surface area contributed by atoms with Crippen LogP contribution in [0.2, 0.25) is 0 Å². The number of hydrogen-bond acceptors (Lipinski definition) is 3. The van der Waals surface area contributed by atoms with Gasteiger partial charge in [-0.3, -0.25) is 4.79 Å². The molecule has 21 heavy (non-hydrogen) atoms. The number of piperidine rings is 1. The van der Waals surface area contributed by atoms with Crippen LogP contribution in [0.15, 0.2) is 18.2 Å². The Labute approximate surface area is 120 Å². The third-order valence-corrected chi connectivity index (χ3v) is 4.06. The molecule has 0 aliphatic carbocycles. The van der Waals surface area contributed by atoms with Crippen LogP contribution in [0.1, 0.15) is 31.9 Å². The highest BCUT2D eigenvalue weighted by Gasteiger charge is 2.41. The number of pyridine rings is 1. The summed E-state index contributed by atoms with van der Waals surface area (Å²) in [7, 11) is 0. The molecule has 1 fully saturated rings. The minimum absolute atomic E-state index is 0.184. The molecule has 116 valence electrons. The molecule has 2 heterocycles. The summed E-state index contributed by atoms with van der Waals surface area (Å²) in [6.07, 6.45) is -2.90. The second-order valence-electron chi connectivity index (χ2n) is 5.34. The van der Waals surface area contributed by atoms with Crippen LogP contribution < -0.4 is 4.90 Å². The number of halogens is 3. The van der Waals surface area contributed by atoms with E-state index in [2.05, 4.69) is 4.98 Å². The van der Waals surface area contributed by atoms with Gasteiger partial charge < -0.3 is 10.0 Å². The van der Waals surface area contributed by atoms with Crippen molar-refractivity contribution in [3.8, 4) is 0 Å². The zero-order valence-corrected chi connectivity index (χ0v) is 11.7. The second-order valence-corrected chi connectivity index (χ2v) is 5.34. The Morgan fingerprint density at radius 2 is 2.19 bits per heavy atom. The molecule has 1 atom stereocenters. The molecule has 0 radical (unpaired) electrons. The normalized spacial score (nSPS) is 23.1. The Bertz CT molecular complexity index is 533. The Kier molecular flexibility index (Phi) is 4.11. The lowest BCUT2D eigenvalue weighted by Crippen LogP contribution is -2.48. The van der Waals surface area contributed by atoms with Crippen molar-refractivity contribution in [2.75, 3.05) is 18.0 Å². The van der Waals surface area contributed by atoms with Gasteiger partial charge in [0.05, 0.1) is 5.41 Å². The summed E-state index contributed by atoms with van der Waals surface area (Å²) in [5.74, 6) is -0.717. The zero-order valence-electron chi connectivity index (χ0n) is 11.7. The number of aliphatic carboxylic acids is 1. The Hall–Kier alpha value is -1.79. The van der Waals surface area contributed by atoms with Gasteiger partial charge in [-0.25, -0.2) is 4.98 Å². The second kappa shape index (κ2) is 5.54. The summed E-state index contributed by atoms with van der Waals surface area (Å²) < 4.78 is 38.1. The number of carboxylic acid groups (broad SMARTS) is 1. The van der Waals surface area contributed by atoms with Crippen LogP contribution in [0.4, 0.5) is 19.0 Å². The van der Waals surface area contributed by atoms with E-state index in [4.69, 9.17) is 0 Å². The van der Waals surface area contributed by atoms with Crippen molar-refractivity contribution < 1.29 is 23.1 Å². The molecule has 0 aromatic carbocycles. The molecule has 0 spiro atoms. The van der Waals surface area contributed by atoms with Crippen molar-refractivity contribution in [1.29, 1.82) is 0 Å². The molecular weight excluding hydrogens is 285 g/mol. The molecule has 0 amide bonds. The summed E-state index contributed by atoms with van der Waals surface area (Å²) in [4.78, 5) is 16.8. The number of alkyl halides is 3. The van der Waals surface area contributed by atoms with Crippen LogP contribution >= 0.6 is 0 Å². The standard InChI is InChI=1S/C14H17F3N2O2/c1-2-13(12(20)21)7-4-8-19(9-13)11-6-3-5-10(18-11)14(15,16)17/h3,5-6H,2,4,7-9H2,1H3,(H,20,21). The maximum atomic E-state index is 12.7. The maximum Gasteiger partial charge on any atom is 0.433 e. The molecule has 1 aromatic heterocycles. The molecular formula is C14H17F3N2O2. The molecule has 4 nitrogen and oxygen atoms in total. The van der Waals surface area contributed by atoms with Gasteiger partial charge in [0, 0.05) is 13.1 Å². The molecule has 2 rings (SSSR count).